The van der Waals surface area contributed by atoms with Gasteiger partial charge >= 0.3 is 0 Å². The Hall–Kier alpha value is -0.190. The maximum absolute atomic E-state index is 5.59. The highest BCUT2D eigenvalue weighted by Gasteiger charge is 2.23. The lowest BCUT2D eigenvalue weighted by molar-refractivity contribution is 0.152. The summed E-state index contributed by atoms with van der Waals surface area (Å²) < 4.78 is 5.15. The third kappa shape index (κ3) is 3.52. The van der Waals surface area contributed by atoms with Gasteiger partial charge in [-0.05, 0) is 18.9 Å². The predicted molar refractivity (Wildman–Crippen MR) is 62.4 cm³/mol. The molecule has 3 nitrogen and oxygen atoms in total. The number of likely N-dealkylation sites (tertiary alicyclic amines) is 1. The largest absolute Gasteiger partial charge is 0.393 e. The molecule has 0 aromatic rings. The summed E-state index contributed by atoms with van der Waals surface area (Å²) in [5.74, 6) is 1.02. The molecule has 1 fully saturated rings. The maximum atomic E-state index is 5.59. The average Bonchev–Trinajstić information content (AvgIpc) is 2.53. The molecule has 1 rings (SSSR count). The topological polar surface area (TPSA) is 38.5 Å². The lowest BCUT2D eigenvalue weighted by Gasteiger charge is -2.19. The fraction of sp³-hybridized carbons (Fsp3) is 0.900. The molecule has 0 radical (unpaired) electrons. The van der Waals surface area contributed by atoms with E-state index in [0.29, 0.717) is 16.8 Å². The first-order valence-electron chi connectivity index (χ1n) is 5.14. The Morgan fingerprint density at radius 1 is 1.71 bits per heavy atom. The normalized spacial score (nSPS) is 25.1. The van der Waals surface area contributed by atoms with Gasteiger partial charge in [-0.25, -0.2) is 0 Å². The smallest absolute Gasteiger partial charge is 0.0768 e. The van der Waals surface area contributed by atoms with Gasteiger partial charge in [0.15, 0.2) is 0 Å². The molecule has 2 N–H and O–H groups in total. The molecule has 1 saturated heterocycles. The van der Waals surface area contributed by atoms with Crippen LogP contribution < -0.4 is 5.73 Å². The zero-order valence-corrected chi connectivity index (χ0v) is 9.85. The molecule has 14 heavy (non-hydrogen) atoms. The summed E-state index contributed by atoms with van der Waals surface area (Å²) in [6.45, 7) is 6.24. The first-order valence-corrected chi connectivity index (χ1v) is 5.55. The molecule has 1 aliphatic rings. The van der Waals surface area contributed by atoms with E-state index in [2.05, 4.69) is 11.8 Å². The number of nitrogens with zero attached hydrogens (tertiary/aromatic N) is 1. The van der Waals surface area contributed by atoms with E-state index in [1.54, 1.807) is 7.11 Å². The van der Waals surface area contributed by atoms with Gasteiger partial charge in [0.05, 0.1) is 11.6 Å². The van der Waals surface area contributed by atoms with Crippen molar-refractivity contribution in [3.8, 4) is 0 Å². The molecule has 0 bridgehead atoms. The van der Waals surface area contributed by atoms with Crippen LogP contribution in [0.25, 0.3) is 0 Å². The fourth-order valence-electron chi connectivity index (χ4n) is 1.93. The van der Waals surface area contributed by atoms with Crippen molar-refractivity contribution in [2.24, 2.45) is 17.6 Å². The highest BCUT2D eigenvalue weighted by molar-refractivity contribution is 7.80. The number of methoxy groups -OCH3 is 1. The van der Waals surface area contributed by atoms with E-state index in [0.717, 1.165) is 26.2 Å². The molecular weight excluding hydrogens is 196 g/mol. The van der Waals surface area contributed by atoms with Crippen molar-refractivity contribution in [3.05, 3.63) is 0 Å². The third-order valence-electron chi connectivity index (χ3n) is 2.79. The van der Waals surface area contributed by atoms with E-state index < -0.39 is 0 Å². The Morgan fingerprint density at radius 2 is 2.43 bits per heavy atom. The molecule has 2 unspecified atom stereocenters. The number of thiocarbonyl (C=S) groups is 1. The number of hydrogen-bond donors (Lipinski definition) is 1. The standard InChI is InChI=1S/C10H20N2OS/c1-8(10(11)14)5-12-4-3-9(6-12)7-13-2/h8-9H,3-7H2,1-2H3,(H2,11,14). The molecule has 82 valence electrons. The molecule has 2 atom stereocenters. The average molecular weight is 216 g/mol. The summed E-state index contributed by atoms with van der Waals surface area (Å²) in [5, 5.41) is 0. The lowest BCUT2D eigenvalue weighted by Crippen LogP contribution is -2.32. The van der Waals surface area contributed by atoms with Crippen molar-refractivity contribution in [1.29, 1.82) is 0 Å². The molecule has 0 amide bonds. The van der Waals surface area contributed by atoms with Gasteiger partial charge in [-0.2, -0.15) is 0 Å². The van der Waals surface area contributed by atoms with Crippen LogP contribution in [0.1, 0.15) is 13.3 Å². The molecule has 0 spiro atoms. The van der Waals surface area contributed by atoms with Crippen molar-refractivity contribution in [3.63, 3.8) is 0 Å². The number of rotatable bonds is 5. The van der Waals surface area contributed by atoms with Crippen LogP contribution in [0, 0.1) is 11.8 Å². The molecule has 0 aromatic carbocycles. The summed E-state index contributed by atoms with van der Waals surface area (Å²) in [6.07, 6.45) is 1.23. The van der Waals surface area contributed by atoms with Crippen molar-refractivity contribution in [1.82, 2.24) is 4.90 Å². The highest BCUT2D eigenvalue weighted by Crippen LogP contribution is 2.17. The molecule has 0 aromatic heterocycles. The number of ether oxygens (including phenoxy) is 1. The predicted octanol–water partition coefficient (Wildman–Crippen LogP) is 0.877. The fourth-order valence-corrected chi connectivity index (χ4v) is 2.00. The van der Waals surface area contributed by atoms with E-state index in [1.807, 2.05) is 0 Å². The van der Waals surface area contributed by atoms with E-state index >= 15 is 0 Å². The Labute approximate surface area is 91.6 Å². The van der Waals surface area contributed by atoms with Crippen LogP contribution >= 0.6 is 12.2 Å². The zero-order valence-electron chi connectivity index (χ0n) is 9.03. The van der Waals surface area contributed by atoms with E-state index in [1.165, 1.54) is 6.42 Å². The Balaban J connectivity index is 2.25. The van der Waals surface area contributed by atoms with E-state index in [-0.39, 0.29) is 0 Å². The maximum Gasteiger partial charge on any atom is 0.0768 e. The summed E-state index contributed by atoms with van der Waals surface area (Å²) in [5.41, 5.74) is 5.59. The van der Waals surface area contributed by atoms with Crippen LogP contribution in [0.15, 0.2) is 0 Å². The van der Waals surface area contributed by atoms with Gasteiger partial charge < -0.3 is 15.4 Å². The minimum Gasteiger partial charge on any atom is -0.393 e. The van der Waals surface area contributed by atoms with Crippen LogP contribution in [-0.2, 0) is 4.74 Å². The Morgan fingerprint density at radius 3 is 3.00 bits per heavy atom. The van der Waals surface area contributed by atoms with Crippen LogP contribution in [-0.4, -0.2) is 43.2 Å². The molecule has 0 saturated carbocycles. The van der Waals surface area contributed by atoms with Gasteiger partial charge in [-0.15, -0.1) is 0 Å². The van der Waals surface area contributed by atoms with Gasteiger partial charge in [0.1, 0.15) is 0 Å². The second-order valence-electron chi connectivity index (χ2n) is 4.17. The second-order valence-corrected chi connectivity index (χ2v) is 4.64. The molecular formula is C10H20N2OS. The van der Waals surface area contributed by atoms with Crippen LogP contribution in [0.5, 0.6) is 0 Å². The molecule has 0 aliphatic carbocycles. The minimum atomic E-state index is 0.325. The monoisotopic (exact) mass is 216 g/mol. The summed E-state index contributed by atoms with van der Waals surface area (Å²) >= 11 is 4.96. The van der Waals surface area contributed by atoms with Crippen LogP contribution in [0.3, 0.4) is 0 Å². The van der Waals surface area contributed by atoms with Gasteiger partial charge in [0.25, 0.3) is 0 Å². The number of nitrogens with two attached hydrogens (primary N) is 1. The van der Waals surface area contributed by atoms with Crippen molar-refractivity contribution in [2.75, 3.05) is 33.4 Å². The van der Waals surface area contributed by atoms with Crippen molar-refractivity contribution < 1.29 is 4.74 Å². The SMILES string of the molecule is COCC1CCN(CC(C)C(N)=S)C1. The first kappa shape index (κ1) is 11.9. The second kappa shape index (κ2) is 5.63. The molecule has 1 heterocycles. The van der Waals surface area contributed by atoms with Gasteiger partial charge in [-0.1, -0.05) is 19.1 Å². The lowest BCUT2D eigenvalue weighted by atomic mass is 10.1. The van der Waals surface area contributed by atoms with Crippen LogP contribution in [0.2, 0.25) is 0 Å². The van der Waals surface area contributed by atoms with Gasteiger partial charge in [-0.3, -0.25) is 0 Å². The van der Waals surface area contributed by atoms with Crippen molar-refractivity contribution in [2.45, 2.75) is 13.3 Å². The Bertz CT molecular complexity index is 199. The van der Waals surface area contributed by atoms with E-state index in [9.17, 15) is 0 Å². The zero-order chi connectivity index (χ0) is 10.6. The van der Waals surface area contributed by atoms with Crippen LogP contribution in [0.4, 0.5) is 0 Å². The van der Waals surface area contributed by atoms with Gasteiger partial charge in [0.2, 0.25) is 0 Å². The quantitative estimate of drug-likeness (QED) is 0.692. The molecule has 4 heteroatoms. The summed E-state index contributed by atoms with van der Waals surface area (Å²) in [7, 11) is 1.76. The highest BCUT2D eigenvalue weighted by atomic mass is 32.1. The van der Waals surface area contributed by atoms with E-state index in [4.69, 9.17) is 22.7 Å². The number of hydrogen-bond acceptors (Lipinski definition) is 3. The first-order chi connectivity index (χ1) is 6.63. The summed E-state index contributed by atoms with van der Waals surface area (Å²) in [4.78, 5) is 3.05. The minimum absolute atomic E-state index is 0.325. The van der Waals surface area contributed by atoms with Gasteiger partial charge in [0, 0.05) is 26.1 Å². The third-order valence-corrected chi connectivity index (χ3v) is 3.19. The molecule has 1 aliphatic heterocycles. The summed E-state index contributed by atoms with van der Waals surface area (Å²) in [6, 6.07) is 0. The Kier molecular flexibility index (Phi) is 4.78. The van der Waals surface area contributed by atoms with Crippen molar-refractivity contribution >= 4 is 17.2 Å².